The number of hydrogen-bond acceptors (Lipinski definition) is 2. The van der Waals surface area contributed by atoms with Crippen molar-refractivity contribution in [2.24, 2.45) is 0 Å². The number of pyridine rings is 2. The van der Waals surface area contributed by atoms with Crippen LogP contribution < -0.4 is 0 Å². The van der Waals surface area contributed by atoms with Crippen LogP contribution in [0.2, 0.25) is 0 Å². The van der Waals surface area contributed by atoms with Crippen molar-refractivity contribution in [3.8, 4) is 44.9 Å². The molecule has 0 aliphatic heterocycles. The molecule has 0 atom stereocenters. The fraction of sp³-hybridized carbons (Fsp3) is 0. The monoisotopic (exact) mass is 788 g/mol. The maximum absolute atomic E-state index is 5.36. The molecule has 0 aliphatic rings. The Morgan fingerprint density at radius 3 is 1.35 bits per heavy atom. The van der Waals surface area contributed by atoms with Gasteiger partial charge >= 0.3 is 0 Å². The second kappa shape index (κ2) is 13.6. The molecule has 0 amide bonds. The lowest BCUT2D eigenvalue weighted by Gasteiger charge is -2.16. The average Bonchev–Trinajstić information content (AvgIpc) is 3.86. The van der Waals surface area contributed by atoms with Crippen LogP contribution in [0.25, 0.3) is 121 Å². The van der Waals surface area contributed by atoms with Crippen LogP contribution in [0.1, 0.15) is 0 Å². The number of hydrogen-bond donors (Lipinski definition) is 0. The van der Waals surface area contributed by atoms with Gasteiger partial charge in [-0.2, -0.15) is 0 Å². The number of para-hydroxylation sites is 5. The van der Waals surface area contributed by atoms with Gasteiger partial charge in [-0.05, 0) is 71.3 Å². The van der Waals surface area contributed by atoms with Crippen LogP contribution in [-0.2, 0) is 0 Å². The van der Waals surface area contributed by atoms with Crippen molar-refractivity contribution in [3.05, 3.63) is 218 Å². The fourth-order valence-corrected chi connectivity index (χ4v) is 9.87. The maximum Gasteiger partial charge on any atom is 0.0978 e. The minimum Gasteiger partial charge on any atom is -0.309 e. The van der Waals surface area contributed by atoms with E-state index < -0.39 is 0 Å². The van der Waals surface area contributed by atoms with Crippen LogP contribution in [0.15, 0.2) is 218 Å². The molecule has 0 radical (unpaired) electrons. The van der Waals surface area contributed by atoms with E-state index in [2.05, 4.69) is 228 Å². The van der Waals surface area contributed by atoms with Crippen LogP contribution in [0.3, 0.4) is 0 Å². The van der Waals surface area contributed by atoms with E-state index in [0.29, 0.717) is 0 Å². The molecule has 62 heavy (non-hydrogen) atoms. The molecule has 9 aromatic carbocycles. The Morgan fingerprint density at radius 2 is 0.774 bits per heavy atom. The minimum atomic E-state index is 0.904. The van der Waals surface area contributed by atoms with Crippen molar-refractivity contribution in [2.75, 3.05) is 0 Å². The highest BCUT2D eigenvalue weighted by molar-refractivity contribution is 6.16. The molecule has 0 bridgehead atoms. The van der Waals surface area contributed by atoms with Gasteiger partial charge in [0.1, 0.15) is 0 Å². The first kappa shape index (κ1) is 34.5. The number of nitrogens with zero attached hydrogens (tertiary/aromatic N) is 4. The van der Waals surface area contributed by atoms with Gasteiger partial charge in [-0.1, -0.05) is 164 Å². The Morgan fingerprint density at radius 1 is 0.290 bits per heavy atom. The van der Waals surface area contributed by atoms with Crippen molar-refractivity contribution in [1.82, 2.24) is 19.1 Å². The summed E-state index contributed by atoms with van der Waals surface area (Å²) in [5.74, 6) is 0. The first-order valence-corrected chi connectivity index (χ1v) is 21.2. The van der Waals surface area contributed by atoms with Gasteiger partial charge in [0.2, 0.25) is 0 Å². The van der Waals surface area contributed by atoms with E-state index in [1.165, 1.54) is 54.7 Å². The zero-order valence-electron chi connectivity index (χ0n) is 33.6. The van der Waals surface area contributed by atoms with Crippen molar-refractivity contribution in [1.29, 1.82) is 0 Å². The van der Waals surface area contributed by atoms with Crippen molar-refractivity contribution >= 4 is 76.3 Å². The van der Waals surface area contributed by atoms with Crippen LogP contribution >= 0.6 is 0 Å². The second-order valence-electron chi connectivity index (χ2n) is 16.2. The first-order valence-electron chi connectivity index (χ1n) is 21.2. The second-order valence-corrected chi connectivity index (χ2v) is 16.2. The molecule has 0 saturated heterocycles. The van der Waals surface area contributed by atoms with E-state index in [1.807, 2.05) is 0 Å². The summed E-state index contributed by atoms with van der Waals surface area (Å²) in [6.07, 6.45) is 0. The normalized spacial score (nSPS) is 11.9. The molecule has 0 aliphatic carbocycles. The molecule has 0 N–H and O–H groups in total. The highest BCUT2D eigenvalue weighted by Crippen LogP contribution is 2.40. The predicted molar refractivity (Wildman–Crippen MR) is 260 cm³/mol. The number of aromatic nitrogens is 4. The first-order chi connectivity index (χ1) is 30.7. The third-order valence-corrected chi connectivity index (χ3v) is 12.7. The summed E-state index contributed by atoms with van der Waals surface area (Å²) in [4.78, 5) is 10.6. The summed E-state index contributed by atoms with van der Waals surface area (Å²) in [7, 11) is 0. The Labute approximate surface area is 357 Å². The molecular weight excluding hydrogens is 753 g/mol. The van der Waals surface area contributed by atoms with Crippen LogP contribution in [-0.4, -0.2) is 19.1 Å². The molecule has 4 aromatic heterocycles. The van der Waals surface area contributed by atoms with E-state index >= 15 is 0 Å². The Hall–Kier alpha value is -8.34. The summed E-state index contributed by atoms with van der Waals surface area (Å²) in [5, 5.41) is 8.28. The van der Waals surface area contributed by atoms with Gasteiger partial charge < -0.3 is 9.13 Å². The van der Waals surface area contributed by atoms with E-state index in [1.54, 1.807) is 0 Å². The largest absolute Gasteiger partial charge is 0.309 e. The van der Waals surface area contributed by atoms with Gasteiger partial charge in [-0.3, -0.25) is 0 Å². The zero-order valence-corrected chi connectivity index (χ0v) is 33.6. The summed E-state index contributed by atoms with van der Waals surface area (Å²) in [5.41, 5.74) is 16.3. The molecule has 4 nitrogen and oxygen atoms in total. The number of benzene rings is 9. The minimum absolute atomic E-state index is 0.904. The topological polar surface area (TPSA) is 35.6 Å². The molecule has 13 rings (SSSR count). The van der Waals surface area contributed by atoms with Crippen LogP contribution in [0, 0.1) is 0 Å². The summed E-state index contributed by atoms with van der Waals surface area (Å²) in [6, 6.07) is 78.6. The zero-order chi connectivity index (χ0) is 40.7. The van der Waals surface area contributed by atoms with Gasteiger partial charge in [-0.15, -0.1) is 0 Å². The standard InChI is InChI=1S/C58H36N4/c1-2-14-39(15-3-1)56-48-20-4-9-21-51(48)60-58-49(56)32-30-40-31-33-50(59-57(40)58)38-28-26-37(27-29-38)41-34-42(61-52-22-10-5-16-44(52)45-17-6-11-23-53(45)61)36-43(35-41)62-54-24-12-7-18-46(54)47-19-8-13-25-55(47)62/h1-36H. The highest BCUT2D eigenvalue weighted by atomic mass is 15.0. The Kier molecular flexibility index (Phi) is 7.57. The third-order valence-electron chi connectivity index (χ3n) is 12.7. The summed E-state index contributed by atoms with van der Waals surface area (Å²) in [6.45, 7) is 0. The van der Waals surface area contributed by atoms with Gasteiger partial charge in [-0.25, -0.2) is 9.97 Å². The lowest BCUT2D eigenvalue weighted by molar-refractivity contribution is 1.13. The predicted octanol–water partition coefficient (Wildman–Crippen LogP) is 15.1. The molecule has 4 heterocycles. The van der Waals surface area contributed by atoms with E-state index in [-0.39, 0.29) is 0 Å². The van der Waals surface area contributed by atoms with Crippen molar-refractivity contribution in [3.63, 3.8) is 0 Å². The molecule has 0 saturated carbocycles. The number of rotatable bonds is 5. The molecule has 0 unspecified atom stereocenters. The van der Waals surface area contributed by atoms with Crippen LogP contribution in [0.4, 0.5) is 0 Å². The average molecular weight is 789 g/mol. The lowest BCUT2D eigenvalue weighted by atomic mass is 9.95. The Bertz CT molecular complexity index is 3670. The Balaban J connectivity index is 0.990. The third kappa shape index (κ3) is 5.27. The van der Waals surface area contributed by atoms with E-state index in [4.69, 9.17) is 9.97 Å². The van der Waals surface area contributed by atoms with Gasteiger partial charge in [0, 0.05) is 60.2 Å². The smallest absolute Gasteiger partial charge is 0.0978 e. The molecular formula is C58H36N4. The number of fused-ring (bicyclic) bond motifs is 10. The highest BCUT2D eigenvalue weighted by Gasteiger charge is 2.18. The fourth-order valence-electron chi connectivity index (χ4n) is 9.87. The SMILES string of the molecule is c1ccc(-c2c3ccccc3nc3c2ccc2ccc(-c4ccc(-c5cc(-n6c7ccccc7c7ccccc76)cc(-n6c7ccccc7c7ccccc76)c5)cc4)nc23)cc1. The molecule has 13 aromatic rings. The lowest BCUT2D eigenvalue weighted by Crippen LogP contribution is -2.00. The molecule has 4 heteroatoms. The van der Waals surface area contributed by atoms with Gasteiger partial charge in [0.15, 0.2) is 0 Å². The maximum atomic E-state index is 5.36. The molecule has 288 valence electrons. The van der Waals surface area contributed by atoms with Crippen LogP contribution in [0.5, 0.6) is 0 Å². The quantitative estimate of drug-likeness (QED) is 0.129. The molecule has 0 fully saturated rings. The molecule has 0 spiro atoms. The van der Waals surface area contributed by atoms with Crippen molar-refractivity contribution < 1.29 is 0 Å². The van der Waals surface area contributed by atoms with E-state index in [9.17, 15) is 0 Å². The van der Waals surface area contributed by atoms with Gasteiger partial charge in [0.05, 0.1) is 44.3 Å². The summed E-state index contributed by atoms with van der Waals surface area (Å²) >= 11 is 0. The van der Waals surface area contributed by atoms with E-state index in [0.717, 1.165) is 66.5 Å². The van der Waals surface area contributed by atoms with Gasteiger partial charge in [0.25, 0.3) is 0 Å². The van der Waals surface area contributed by atoms with Crippen molar-refractivity contribution in [2.45, 2.75) is 0 Å². The summed E-state index contributed by atoms with van der Waals surface area (Å²) < 4.78 is 4.84.